The predicted molar refractivity (Wildman–Crippen MR) is 115 cm³/mol. The van der Waals surface area contributed by atoms with Crippen molar-refractivity contribution in [2.45, 2.75) is 96.2 Å². The van der Waals surface area contributed by atoms with E-state index in [-0.39, 0.29) is 48.3 Å². The minimum atomic E-state index is -0.810. The highest BCUT2D eigenvalue weighted by Crippen LogP contribution is 2.45. The van der Waals surface area contributed by atoms with Crippen LogP contribution < -0.4 is 16.4 Å². The number of carbonyl (C=O) groups is 3. The third kappa shape index (κ3) is 5.05. The van der Waals surface area contributed by atoms with Crippen molar-refractivity contribution < 1.29 is 14.4 Å². The summed E-state index contributed by atoms with van der Waals surface area (Å²) in [7, 11) is 0. The molecule has 3 aliphatic rings. The minimum Gasteiger partial charge on any atom is -0.352 e. The van der Waals surface area contributed by atoms with Crippen LogP contribution in [0.15, 0.2) is 0 Å². The smallest absolute Gasteiger partial charge is 0.325 e. The molecule has 1 saturated heterocycles. The van der Waals surface area contributed by atoms with Crippen LogP contribution in [0.3, 0.4) is 0 Å². The van der Waals surface area contributed by atoms with Crippen molar-refractivity contribution in [1.29, 1.82) is 0 Å². The van der Waals surface area contributed by atoms with E-state index in [1.807, 2.05) is 0 Å². The van der Waals surface area contributed by atoms with Crippen molar-refractivity contribution in [1.82, 2.24) is 15.5 Å². The summed E-state index contributed by atoms with van der Waals surface area (Å²) >= 11 is 0. The molecule has 2 saturated carbocycles. The summed E-state index contributed by atoms with van der Waals surface area (Å²) in [4.78, 5) is 39.0. The number of nitrogens with zero attached hydrogens (tertiary/aromatic N) is 1. The predicted octanol–water partition coefficient (Wildman–Crippen LogP) is 2.71. The first-order valence-electron chi connectivity index (χ1n) is 10.9. The summed E-state index contributed by atoms with van der Waals surface area (Å²) in [5.41, 5.74) is 5.34. The van der Waals surface area contributed by atoms with Gasteiger partial charge in [0.05, 0.1) is 0 Å². The second-order valence-electron chi connectivity index (χ2n) is 9.70. The van der Waals surface area contributed by atoms with E-state index in [1.54, 1.807) is 0 Å². The lowest BCUT2D eigenvalue weighted by Gasteiger charge is -2.42. The molecule has 0 atom stereocenters. The lowest BCUT2D eigenvalue weighted by Crippen LogP contribution is -2.51. The molecule has 0 bridgehead atoms. The molecule has 29 heavy (non-hydrogen) atoms. The number of halogens is 1. The number of urea groups is 1. The number of amides is 4. The van der Waals surface area contributed by atoms with E-state index in [9.17, 15) is 14.4 Å². The van der Waals surface area contributed by atoms with Gasteiger partial charge in [0.15, 0.2) is 0 Å². The van der Waals surface area contributed by atoms with Crippen molar-refractivity contribution in [3.05, 3.63) is 0 Å². The van der Waals surface area contributed by atoms with E-state index >= 15 is 0 Å². The molecule has 4 amide bonds. The largest absolute Gasteiger partial charge is 0.352 e. The zero-order valence-electron chi connectivity index (χ0n) is 18.0. The van der Waals surface area contributed by atoms with Gasteiger partial charge in [0.1, 0.15) is 12.1 Å². The Labute approximate surface area is 180 Å². The molecule has 3 fully saturated rings. The normalized spacial score (nSPS) is 32.7. The van der Waals surface area contributed by atoms with Crippen molar-refractivity contribution in [2.75, 3.05) is 6.54 Å². The number of imide groups is 1. The lowest BCUT2D eigenvalue weighted by atomic mass is 9.65. The highest BCUT2D eigenvalue weighted by molar-refractivity contribution is 6.09. The number of carbonyl (C=O) groups excluding carboxylic acids is 3. The molecule has 1 heterocycles. The number of hydrogen-bond donors (Lipinski definition) is 3. The maximum atomic E-state index is 13.0. The summed E-state index contributed by atoms with van der Waals surface area (Å²) in [6.45, 7) is 6.56. The van der Waals surface area contributed by atoms with E-state index in [4.69, 9.17) is 5.73 Å². The van der Waals surface area contributed by atoms with Gasteiger partial charge in [0, 0.05) is 12.1 Å². The van der Waals surface area contributed by atoms with Crippen molar-refractivity contribution in [3.63, 3.8) is 0 Å². The Kier molecular flexibility index (Phi) is 7.60. The van der Waals surface area contributed by atoms with Gasteiger partial charge in [-0.3, -0.25) is 14.5 Å². The fourth-order valence-electron chi connectivity index (χ4n) is 5.02. The van der Waals surface area contributed by atoms with Gasteiger partial charge in [-0.2, -0.15) is 0 Å². The van der Waals surface area contributed by atoms with Crippen molar-refractivity contribution in [3.8, 4) is 0 Å². The second-order valence-corrected chi connectivity index (χ2v) is 9.70. The quantitative estimate of drug-likeness (QED) is 0.585. The van der Waals surface area contributed by atoms with Gasteiger partial charge in [-0.05, 0) is 62.7 Å². The molecule has 0 aromatic rings. The molecule has 0 unspecified atom stereocenters. The fraction of sp³-hybridized carbons (Fsp3) is 0.857. The van der Waals surface area contributed by atoms with Crippen molar-refractivity contribution >= 4 is 30.3 Å². The molecule has 8 heteroatoms. The first-order chi connectivity index (χ1) is 13.2. The van der Waals surface area contributed by atoms with Gasteiger partial charge >= 0.3 is 6.03 Å². The van der Waals surface area contributed by atoms with E-state index in [0.29, 0.717) is 18.8 Å². The molecule has 7 nitrogen and oxygen atoms in total. The van der Waals surface area contributed by atoms with E-state index in [1.165, 1.54) is 0 Å². The summed E-state index contributed by atoms with van der Waals surface area (Å²) in [5, 5.41) is 5.88. The summed E-state index contributed by atoms with van der Waals surface area (Å²) in [5.74, 6) is 0.0655. The van der Waals surface area contributed by atoms with Gasteiger partial charge in [0.2, 0.25) is 5.91 Å². The van der Waals surface area contributed by atoms with Crippen LogP contribution in [-0.2, 0) is 9.59 Å². The standard InChI is InChI=1S/C21H36N4O3.ClH/c1-4-20(2,3)14-9-11-21(12-10-14)18(27)25(19(28)24-21)13-17(26)23-16-7-5-15(22)6-8-16;/h14-16H,4-13,22H2,1-3H3,(H,23,26)(H,24,28);1H. The molecule has 3 rings (SSSR count). The summed E-state index contributed by atoms with van der Waals surface area (Å²) in [6, 6.07) is -0.125. The van der Waals surface area contributed by atoms with E-state index in [0.717, 1.165) is 49.8 Å². The number of nitrogens with two attached hydrogens (primary N) is 1. The zero-order chi connectivity index (χ0) is 20.5. The molecule has 166 valence electrons. The fourth-order valence-corrected chi connectivity index (χ4v) is 5.02. The Morgan fingerprint density at radius 1 is 1.17 bits per heavy atom. The van der Waals surface area contributed by atoms with Gasteiger partial charge < -0.3 is 16.4 Å². The van der Waals surface area contributed by atoms with Gasteiger partial charge in [-0.15, -0.1) is 12.4 Å². The van der Waals surface area contributed by atoms with Gasteiger partial charge in [-0.25, -0.2) is 4.79 Å². The van der Waals surface area contributed by atoms with E-state index in [2.05, 4.69) is 31.4 Å². The van der Waals surface area contributed by atoms with Crippen LogP contribution in [0.25, 0.3) is 0 Å². The molecule has 0 radical (unpaired) electrons. The van der Waals surface area contributed by atoms with Gasteiger partial charge in [0.25, 0.3) is 5.91 Å². The Balaban J connectivity index is 0.00000300. The SMILES string of the molecule is CCC(C)(C)C1CCC2(CC1)NC(=O)N(CC(=O)NC1CCC(N)CC1)C2=O.Cl. The monoisotopic (exact) mass is 428 g/mol. The third-order valence-corrected chi connectivity index (χ3v) is 7.54. The maximum absolute atomic E-state index is 13.0. The molecular formula is C21H37ClN4O3. The van der Waals surface area contributed by atoms with Crippen LogP contribution >= 0.6 is 12.4 Å². The van der Waals surface area contributed by atoms with Crippen LogP contribution in [0, 0.1) is 11.3 Å². The van der Waals surface area contributed by atoms with E-state index < -0.39 is 11.6 Å². The Morgan fingerprint density at radius 3 is 2.31 bits per heavy atom. The maximum Gasteiger partial charge on any atom is 0.325 e. The number of rotatable bonds is 5. The molecule has 4 N–H and O–H groups in total. The molecular weight excluding hydrogens is 392 g/mol. The zero-order valence-corrected chi connectivity index (χ0v) is 18.8. The first-order valence-corrected chi connectivity index (χ1v) is 10.9. The Hall–Kier alpha value is -1.34. The second kappa shape index (κ2) is 9.21. The number of hydrogen-bond acceptors (Lipinski definition) is 4. The lowest BCUT2D eigenvalue weighted by molar-refractivity contribution is -0.136. The average Bonchev–Trinajstić information content (AvgIpc) is 2.88. The highest BCUT2D eigenvalue weighted by atomic mass is 35.5. The molecule has 0 aromatic carbocycles. The van der Waals surface area contributed by atoms with Crippen LogP contribution in [0.4, 0.5) is 4.79 Å². The van der Waals surface area contributed by atoms with Gasteiger partial charge in [-0.1, -0.05) is 27.2 Å². The summed E-state index contributed by atoms with van der Waals surface area (Å²) < 4.78 is 0. The molecule has 0 aromatic heterocycles. The molecule has 1 spiro atoms. The average molecular weight is 429 g/mol. The Bertz CT molecular complexity index is 623. The van der Waals surface area contributed by atoms with Crippen LogP contribution in [0.2, 0.25) is 0 Å². The van der Waals surface area contributed by atoms with Crippen molar-refractivity contribution in [2.24, 2.45) is 17.1 Å². The molecule has 2 aliphatic carbocycles. The van der Waals surface area contributed by atoms with Crippen LogP contribution in [0.1, 0.15) is 78.6 Å². The van der Waals surface area contributed by atoms with Crippen LogP contribution in [0.5, 0.6) is 0 Å². The minimum absolute atomic E-state index is 0. The first kappa shape index (κ1) is 23.9. The molecule has 1 aliphatic heterocycles. The van der Waals surface area contributed by atoms with Crippen LogP contribution in [-0.4, -0.2) is 46.9 Å². The highest BCUT2D eigenvalue weighted by Gasteiger charge is 2.53. The Morgan fingerprint density at radius 2 is 1.76 bits per heavy atom. The third-order valence-electron chi connectivity index (χ3n) is 7.54. The summed E-state index contributed by atoms with van der Waals surface area (Å²) in [6.07, 6.45) is 7.76. The topological polar surface area (TPSA) is 105 Å². The number of nitrogens with one attached hydrogen (secondary N) is 2.